The fourth-order valence-corrected chi connectivity index (χ4v) is 6.93. The van der Waals surface area contributed by atoms with E-state index in [0.717, 1.165) is 68.8 Å². The van der Waals surface area contributed by atoms with E-state index in [4.69, 9.17) is 21.1 Å². The smallest absolute Gasteiger partial charge is 0.359 e. The first-order valence-electron chi connectivity index (χ1n) is 17.5. The van der Waals surface area contributed by atoms with Crippen molar-refractivity contribution in [2.24, 2.45) is 0 Å². The van der Waals surface area contributed by atoms with Crippen LogP contribution in [0.25, 0.3) is 11.4 Å². The number of rotatable bonds is 7. The van der Waals surface area contributed by atoms with E-state index in [1.165, 1.54) is 0 Å². The van der Waals surface area contributed by atoms with E-state index in [-0.39, 0.29) is 5.97 Å². The Morgan fingerprint density at radius 1 is 0.745 bits per heavy atom. The van der Waals surface area contributed by atoms with Crippen LogP contribution in [0.4, 0.5) is 5.95 Å². The molecule has 4 aromatic heterocycles. The van der Waals surface area contributed by atoms with Gasteiger partial charge in [-0.1, -0.05) is 44.0 Å². The van der Waals surface area contributed by atoms with Crippen molar-refractivity contribution in [1.82, 2.24) is 44.8 Å². The number of anilines is 1. The van der Waals surface area contributed by atoms with Gasteiger partial charge < -0.3 is 19.7 Å². The molecular weight excluding hydrogens is 856 g/mol. The molecule has 8 rings (SSSR count). The van der Waals surface area contributed by atoms with Crippen molar-refractivity contribution in [3.8, 4) is 11.4 Å². The van der Waals surface area contributed by atoms with E-state index in [0.29, 0.717) is 48.9 Å². The van der Waals surface area contributed by atoms with Gasteiger partial charge in [-0.2, -0.15) is 10.2 Å². The Hall–Kier alpha value is -5.03. The third-order valence-corrected chi connectivity index (χ3v) is 9.58. The van der Waals surface area contributed by atoms with Crippen molar-refractivity contribution in [2.45, 2.75) is 39.8 Å². The summed E-state index contributed by atoms with van der Waals surface area (Å²) in [5.41, 5.74) is 6.52. The van der Waals surface area contributed by atoms with Crippen LogP contribution in [0.2, 0.25) is 5.28 Å². The highest BCUT2D eigenvalue weighted by molar-refractivity contribution is 9.10. The molecule has 17 heteroatoms. The number of hydrogen-bond donors (Lipinski definition) is 1. The maximum absolute atomic E-state index is 12.5. The molecule has 0 aliphatic carbocycles. The molecule has 2 aromatic carbocycles. The number of aromatic nitrogens is 8. The minimum atomic E-state index is -0.404. The molecule has 0 unspecified atom stereocenters. The Kier molecular flexibility index (Phi) is 13.7. The summed E-state index contributed by atoms with van der Waals surface area (Å²) in [6.45, 7) is 7.05. The fraction of sp³-hybridized carbons (Fsp3) is 0.263. The van der Waals surface area contributed by atoms with Crippen LogP contribution in [-0.4, -0.2) is 77.7 Å². The van der Waals surface area contributed by atoms with Gasteiger partial charge in [-0.05, 0) is 74.0 Å². The zero-order chi connectivity index (χ0) is 38.7. The average molecular weight is 893 g/mol. The van der Waals surface area contributed by atoms with Crippen molar-refractivity contribution in [2.75, 3.05) is 31.2 Å². The molecule has 6 aromatic rings. The van der Waals surface area contributed by atoms with Gasteiger partial charge in [0, 0.05) is 77.3 Å². The third-order valence-electron chi connectivity index (χ3n) is 8.40. The number of ether oxygens (including phenoxy) is 2. The van der Waals surface area contributed by atoms with Gasteiger partial charge in [0.1, 0.15) is 0 Å². The summed E-state index contributed by atoms with van der Waals surface area (Å²) in [7, 11) is 0. The van der Waals surface area contributed by atoms with Crippen LogP contribution in [0, 0.1) is 0 Å². The monoisotopic (exact) mass is 890 g/mol. The molecule has 6 heterocycles. The van der Waals surface area contributed by atoms with Gasteiger partial charge in [0.25, 0.3) is 0 Å². The van der Waals surface area contributed by atoms with E-state index >= 15 is 0 Å². The average Bonchev–Trinajstić information content (AvgIpc) is 3.79. The van der Waals surface area contributed by atoms with Crippen molar-refractivity contribution in [3.05, 3.63) is 134 Å². The number of hydrogen-bond acceptors (Lipinski definition) is 12. The van der Waals surface area contributed by atoms with E-state index in [9.17, 15) is 9.59 Å². The number of esters is 2. The summed E-state index contributed by atoms with van der Waals surface area (Å²) in [5, 5.41) is 12.7. The number of carbonyl (C=O) groups is 2. The van der Waals surface area contributed by atoms with Crippen LogP contribution in [0.15, 0.2) is 94.4 Å². The molecule has 0 bridgehead atoms. The molecule has 0 radical (unpaired) electrons. The lowest BCUT2D eigenvalue weighted by atomic mass is 10.1. The Bertz CT molecular complexity index is 2240. The summed E-state index contributed by atoms with van der Waals surface area (Å²) in [6.07, 6.45) is 8.19. The highest BCUT2D eigenvalue weighted by Gasteiger charge is 2.30. The maximum atomic E-state index is 12.5. The number of nitrogens with zero attached hydrogens (tertiary/aromatic N) is 9. The molecule has 2 aliphatic rings. The van der Waals surface area contributed by atoms with Crippen LogP contribution in [-0.2, 0) is 35.4 Å². The molecule has 2 aliphatic heterocycles. The van der Waals surface area contributed by atoms with E-state index in [1.807, 2.05) is 57.9 Å². The van der Waals surface area contributed by atoms with E-state index in [2.05, 4.69) is 72.2 Å². The van der Waals surface area contributed by atoms with Gasteiger partial charge in [0.15, 0.2) is 11.4 Å². The Morgan fingerprint density at radius 2 is 1.27 bits per heavy atom. The molecule has 0 atom stereocenters. The number of benzene rings is 2. The highest BCUT2D eigenvalue weighted by atomic mass is 79.9. The second-order valence-corrected chi connectivity index (χ2v) is 14.1. The Balaban J connectivity index is 0.000000162. The fourth-order valence-electron chi connectivity index (χ4n) is 6.04. The number of carbonyl (C=O) groups excluding carboxylic acids is 2. The molecule has 0 amide bonds. The van der Waals surface area contributed by atoms with Gasteiger partial charge in [0.05, 0.1) is 42.5 Å². The minimum Gasteiger partial charge on any atom is -0.461 e. The SMILES string of the molecule is CCOC(=O)c1nn(-c2cccc(Br)c2)c2c1CN(c1ncccn1)CC2.CCOC(=O)c1nn(-c2cccc(Br)c2)c2c1CNCC2.Clc1ncccn1. The number of fused-ring (bicyclic) bond motifs is 2. The lowest BCUT2D eigenvalue weighted by molar-refractivity contribution is 0.0508. The predicted octanol–water partition coefficient (Wildman–Crippen LogP) is 6.75. The van der Waals surface area contributed by atoms with Crippen molar-refractivity contribution in [1.29, 1.82) is 0 Å². The standard InChI is InChI=1S/C19H18BrN5O2.C15H16BrN3O2.C4H3ClN2/c1-2-27-18(26)17-15-12-24(19-21-8-4-9-22-19)10-7-16(15)25(23-17)14-6-3-5-13(20)11-14;1-2-21-15(20)14-12-9-17-7-6-13(12)19(18-14)11-5-3-4-10(16)8-11;5-4-6-2-1-3-7-4/h3-6,8-9,11H,2,7,10,12H2,1H3;3-5,8,17H,2,6-7,9H2,1H3;1-3H. The van der Waals surface area contributed by atoms with Crippen LogP contribution in [0.3, 0.4) is 0 Å². The summed E-state index contributed by atoms with van der Waals surface area (Å²) in [4.78, 5) is 42.6. The highest BCUT2D eigenvalue weighted by Crippen LogP contribution is 2.29. The quantitative estimate of drug-likeness (QED) is 0.133. The predicted molar refractivity (Wildman–Crippen MR) is 214 cm³/mol. The third kappa shape index (κ3) is 9.80. The lowest BCUT2D eigenvalue weighted by Gasteiger charge is -2.27. The van der Waals surface area contributed by atoms with E-state index < -0.39 is 5.97 Å². The Morgan fingerprint density at radius 3 is 1.78 bits per heavy atom. The molecular formula is C38H37Br2ClN10O4. The van der Waals surface area contributed by atoms with Crippen molar-refractivity contribution < 1.29 is 19.1 Å². The van der Waals surface area contributed by atoms with Crippen LogP contribution in [0.5, 0.6) is 0 Å². The normalized spacial score (nSPS) is 12.9. The summed E-state index contributed by atoms with van der Waals surface area (Å²) in [5.74, 6) is -0.113. The zero-order valence-corrected chi connectivity index (χ0v) is 34.0. The number of halogens is 3. The van der Waals surface area contributed by atoms with Gasteiger partial charge in [-0.3, -0.25) is 0 Å². The molecule has 0 saturated heterocycles. The second kappa shape index (κ2) is 19.0. The molecule has 55 heavy (non-hydrogen) atoms. The largest absolute Gasteiger partial charge is 0.461 e. The molecule has 0 spiro atoms. The number of nitrogens with one attached hydrogen (secondary N) is 1. The maximum Gasteiger partial charge on any atom is 0.359 e. The zero-order valence-electron chi connectivity index (χ0n) is 30.0. The summed E-state index contributed by atoms with van der Waals surface area (Å²) < 4.78 is 16.0. The van der Waals surface area contributed by atoms with Gasteiger partial charge >= 0.3 is 11.9 Å². The molecule has 0 fully saturated rings. The van der Waals surface area contributed by atoms with Crippen molar-refractivity contribution in [3.63, 3.8) is 0 Å². The molecule has 1 N–H and O–H groups in total. The lowest BCUT2D eigenvalue weighted by Crippen LogP contribution is -2.32. The van der Waals surface area contributed by atoms with Crippen LogP contribution in [0.1, 0.15) is 57.3 Å². The van der Waals surface area contributed by atoms with E-state index in [1.54, 1.807) is 50.8 Å². The van der Waals surface area contributed by atoms with Gasteiger partial charge in [-0.15, -0.1) is 0 Å². The van der Waals surface area contributed by atoms with Crippen LogP contribution >= 0.6 is 43.5 Å². The van der Waals surface area contributed by atoms with Crippen molar-refractivity contribution >= 4 is 61.3 Å². The molecule has 284 valence electrons. The molecule has 0 saturated carbocycles. The summed E-state index contributed by atoms with van der Waals surface area (Å²) >= 11 is 12.3. The second-order valence-electron chi connectivity index (χ2n) is 11.9. The summed E-state index contributed by atoms with van der Waals surface area (Å²) in [6, 6.07) is 19.3. The van der Waals surface area contributed by atoms with Gasteiger partial charge in [0.2, 0.25) is 11.2 Å². The minimum absolute atomic E-state index is 0.294. The first kappa shape index (κ1) is 39.7. The first-order chi connectivity index (χ1) is 26.8. The first-order valence-corrected chi connectivity index (χ1v) is 19.5. The van der Waals surface area contributed by atoms with Crippen LogP contribution < -0.4 is 10.2 Å². The Labute approximate surface area is 339 Å². The topological polar surface area (TPSA) is 155 Å². The van der Waals surface area contributed by atoms with Gasteiger partial charge in [-0.25, -0.2) is 38.9 Å². The molecule has 14 nitrogen and oxygen atoms in total.